The van der Waals surface area contributed by atoms with Crippen molar-refractivity contribution in [3.05, 3.63) is 45.1 Å². The van der Waals surface area contributed by atoms with Crippen molar-refractivity contribution in [2.75, 3.05) is 18.4 Å². The monoisotopic (exact) mass is 385 g/mol. The summed E-state index contributed by atoms with van der Waals surface area (Å²) in [6.45, 7) is 7.72. The molecule has 0 aliphatic rings. The fraction of sp³-hybridized carbons (Fsp3) is 0.353. The Hall–Kier alpha value is -1.29. The summed E-state index contributed by atoms with van der Waals surface area (Å²) in [5.74, 6) is -1.01. The van der Waals surface area contributed by atoms with Crippen LogP contribution in [0.5, 0.6) is 0 Å². The zero-order chi connectivity index (χ0) is 18.3. The number of carboxylic acids is 1. The fourth-order valence-corrected chi connectivity index (χ4v) is 5.14. The van der Waals surface area contributed by atoms with Gasteiger partial charge in [-0.15, -0.1) is 11.3 Å². The highest BCUT2D eigenvalue weighted by Gasteiger charge is 2.31. The van der Waals surface area contributed by atoms with E-state index in [0.29, 0.717) is 16.0 Å². The molecule has 2 rings (SSSR count). The van der Waals surface area contributed by atoms with E-state index in [4.69, 9.17) is 11.6 Å². The van der Waals surface area contributed by atoms with Crippen LogP contribution in [0.15, 0.2) is 30.3 Å². The molecule has 130 valence electrons. The van der Waals surface area contributed by atoms with Crippen LogP contribution in [0.1, 0.15) is 35.3 Å². The van der Waals surface area contributed by atoms with E-state index in [9.17, 15) is 14.5 Å². The topological polar surface area (TPSA) is 57.6 Å². The van der Waals surface area contributed by atoms with Gasteiger partial charge < -0.3 is 9.78 Å². The summed E-state index contributed by atoms with van der Waals surface area (Å²) in [5, 5.41) is 10.7. The van der Waals surface area contributed by atoms with E-state index in [0.717, 1.165) is 4.88 Å². The molecule has 0 amide bonds. The van der Waals surface area contributed by atoms with Gasteiger partial charge in [-0.25, -0.2) is 4.79 Å². The van der Waals surface area contributed by atoms with Crippen molar-refractivity contribution in [3.63, 3.8) is 0 Å². The Kier molecular flexibility index (Phi) is 5.19. The van der Waals surface area contributed by atoms with Gasteiger partial charge in [-0.2, -0.15) is 0 Å². The molecule has 1 aromatic heterocycles. The molecule has 0 bridgehead atoms. The van der Waals surface area contributed by atoms with E-state index in [1.165, 1.54) is 11.3 Å². The van der Waals surface area contributed by atoms with E-state index in [1.807, 2.05) is 26.8 Å². The molecule has 0 aliphatic heterocycles. The molecule has 1 N–H and O–H groups in total. The lowest BCUT2D eigenvalue weighted by atomic mass is 9.94. The van der Waals surface area contributed by atoms with Crippen LogP contribution in [-0.4, -0.2) is 24.8 Å². The van der Waals surface area contributed by atoms with Crippen molar-refractivity contribution in [1.29, 1.82) is 0 Å². The van der Waals surface area contributed by atoms with E-state index < -0.39 is 13.3 Å². The lowest BCUT2D eigenvalue weighted by Crippen LogP contribution is -2.22. The molecule has 0 fully saturated rings. The minimum absolute atomic E-state index is 0.175. The Balaban J connectivity index is 2.53. The van der Waals surface area contributed by atoms with Crippen LogP contribution in [0.3, 0.4) is 0 Å². The van der Waals surface area contributed by atoms with E-state index in [1.54, 1.807) is 42.6 Å². The molecule has 0 aliphatic carbocycles. The van der Waals surface area contributed by atoms with Gasteiger partial charge in [-0.3, -0.25) is 4.57 Å². The fourth-order valence-electron chi connectivity index (χ4n) is 2.24. The molecule has 24 heavy (non-hydrogen) atoms. The number of carbonyl (C=O) groups is 1. The number of hydrogen-bond acceptors (Lipinski definition) is 3. The highest BCUT2D eigenvalue weighted by Crippen LogP contribution is 2.50. The average molecular weight is 386 g/mol. The third-order valence-electron chi connectivity index (χ3n) is 3.87. The van der Waals surface area contributed by atoms with Crippen molar-refractivity contribution in [2.24, 2.45) is 0 Å². The van der Waals surface area contributed by atoms with Crippen molar-refractivity contribution in [1.82, 2.24) is 0 Å². The molecule has 1 heterocycles. The SMILES string of the molecule is CN(c1cc(C(C)(C)C)sc1C(=O)O)P(C)(=O)c1ccc(Cl)cc1. The summed E-state index contributed by atoms with van der Waals surface area (Å²) < 4.78 is 14.9. The molecule has 0 spiro atoms. The molecule has 1 atom stereocenters. The second-order valence-corrected chi connectivity index (χ2v) is 11.1. The molecule has 2 aromatic rings. The normalized spacial score (nSPS) is 14.2. The maximum absolute atomic E-state index is 13.4. The lowest BCUT2D eigenvalue weighted by molar-refractivity contribution is 0.0703. The minimum atomic E-state index is -2.97. The van der Waals surface area contributed by atoms with Crippen LogP contribution in [0.25, 0.3) is 0 Å². The van der Waals surface area contributed by atoms with Crippen molar-refractivity contribution in [3.8, 4) is 0 Å². The highest BCUT2D eigenvalue weighted by atomic mass is 35.5. The van der Waals surface area contributed by atoms with Crippen molar-refractivity contribution >= 4 is 47.2 Å². The summed E-state index contributed by atoms with van der Waals surface area (Å²) in [4.78, 5) is 12.8. The first-order valence-electron chi connectivity index (χ1n) is 7.40. The smallest absolute Gasteiger partial charge is 0.348 e. The van der Waals surface area contributed by atoms with Crippen LogP contribution in [0, 0.1) is 0 Å². The van der Waals surface area contributed by atoms with E-state index in [-0.39, 0.29) is 10.3 Å². The minimum Gasteiger partial charge on any atom is -0.477 e. The van der Waals surface area contributed by atoms with Crippen LogP contribution < -0.4 is 9.97 Å². The predicted molar refractivity (Wildman–Crippen MR) is 103 cm³/mol. The number of hydrogen-bond donors (Lipinski definition) is 1. The van der Waals surface area contributed by atoms with E-state index >= 15 is 0 Å². The first-order valence-corrected chi connectivity index (χ1v) is 10.7. The Morgan fingerprint density at radius 1 is 1.25 bits per heavy atom. The summed E-state index contributed by atoms with van der Waals surface area (Å²) in [6.07, 6.45) is 0. The largest absolute Gasteiger partial charge is 0.477 e. The number of aromatic carboxylic acids is 1. The van der Waals surface area contributed by atoms with Gasteiger partial charge in [-0.05, 0) is 35.7 Å². The lowest BCUT2D eigenvalue weighted by Gasteiger charge is -2.27. The Bertz CT molecular complexity index is 808. The summed E-state index contributed by atoms with van der Waals surface area (Å²) in [5.41, 5.74) is 0.310. The number of carboxylic acid groups (broad SMARTS) is 1. The summed E-state index contributed by atoms with van der Waals surface area (Å²) in [7, 11) is -1.29. The maximum Gasteiger partial charge on any atom is 0.348 e. The molecule has 1 unspecified atom stereocenters. The highest BCUT2D eigenvalue weighted by molar-refractivity contribution is 7.72. The van der Waals surface area contributed by atoms with Gasteiger partial charge in [-0.1, -0.05) is 32.4 Å². The van der Waals surface area contributed by atoms with Gasteiger partial charge in [0.2, 0.25) is 0 Å². The Morgan fingerprint density at radius 2 is 1.79 bits per heavy atom. The number of thiophene rings is 1. The summed E-state index contributed by atoms with van der Waals surface area (Å²) in [6, 6.07) is 8.65. The molecule has 1 aromatic carbocycles. The maximum atomic E-state index is 13.4. The quantitative estimate of drug-likeness (QED) is 0.747. The van der Waals surface area contributed by atoms with Gasteiger partial charge in [0.05, 0.1) is 5.69 Å². The number of rotatable bonds is 4. The van der Waals surface area contributed by atoms with Gasteiger partial charge in [0.15, 0.2) is 7.29 Å². The van der Waals surface area contributed by atoms with Gasteiger partial charge in [0.1, 0.15) is 4.88 Å². The first kappa shape index (κ1) is 19.0. The molecule has 0 radical (unpaired) electrons. The molecular weight excluding hydrogens is 365 g/mol. The number of anilines is 1. The van der Waals surface area contributed by atoms with Crippen LogP contribution >= 0.6 is 30.2 Å². The third-order valence-corrected chi connectivity index (χ3v) is 8.28. The predicted octanol–water partition coefficient (Wildman–Crippen LogP) is 5.07. The third kappa shape index (κ3) is 3.69. The average Bonchev–Trinajstić information content (AvgIpc) is 2.92. The van der Waals surface area contributed by atoms with Crippen LogP contribution in [-0.2, 0) is 9.98 Å². The molecule has 0 saturated carbocycles. The first-order chi connectivity index (χ1) is 10.9. The van der Waals surface area contributed by atoms with Gasteiger partial charge in [0, 0.05) is 28.9 Å². The zero-order valence-corrected chi connectivity index (χ0v) is 16.8. The Labute approximate surface area is 151 Å². The van der Waals surface area contributed by atoms with Crippen molar-refractivity contribution < 1.29 is 14.5 Å². The summed E-state index contributed by atoms with van der Waals surface area (Å²) >= 11 is 7.13. The molecule has 0 saturated heterocycles. The number of nitrogens with zero attached hydrogens (tertiary/aromatic N) is 1. The van der Waals surface area contributed by atoms with Gasteiger partial charge >= 0.3 is 5.97 Å². The zero-order valence-electron chi connectivity index (χ0n) is 14.3. The second-order valence-electron chi connectivity index (χ2n) is 6.76. The van der Waals surface area contributed by atoms with Crippen LogP contribution in [0.4, 0.5) is 5.69 Å². The number of benzene rings is 1. The van der Waals surface area contributed by atoms with Crippen LogP contribution in [0.2, 0.25) is 5.02 Å². The molecular formula is C17H21ClNO3PS. The molecule has 4 nitrogen and oxygen atoms in total. The number of halogens is 1. The van der Waals surface area contributed by atoms with E-state index in [2.05, 4.69) is 0 Å². The second kappa shape index (κ2) is 6.55. The van der Waals surface area contributed by atoms with Gasteiger partial charge in [0.25, 0.3) is 0 Å². The molecule has 7 heteroatoms. The standard InChI is InChI=1S/C17H21ClNO3PS/c1-17(2,3)14-10-13(15(24-14)16(20)21)19(4)23(5,22)12-8-6-11(18)7-9-12/h6-10H,1-5H3,(H,20,21). The van der Waals surface area contributed by atoms with Crippen molar-refractivity contribution in [2.45, 2.75) is 26.2 Å². The Morgan fingerprint density at radius 3 is 2.25 bits per heavy atom.